The third kappa shape index (κ3) is 6.90. The molecule has 1 amide bonds. The van der Waals surface area contributed by atoms with E-state index in [-0.39, 0.29) is 12.5 Å². The van der Waals surface area contributed by atoms with Gasteiger partial charge in [-0.05, 0) is 34.1 Å². The summed E-state index contributed by atoms with van der Waals surface area (Å²) in [5.74, 6) is -0.0901. The Hall–Kier alpha value is -1.15. The van der Waals surface area contributed by atoms with Crippen LogP contribution in [0, 0.1) is 0 Å². The van der Waals surface area contributed by atoms with E-state index >= 15 is 0 Å². The van der Waals surface area contributed by atoms with Crippen LogP contribution in [0.3, 0.4) is 0 Å². The number of ether oxygens (including phenoxy) is 2. The van der Waals surface area contributed by atoms with Crippen LogP contribution >= 0.6 is 15.9 Å². The second kappa shape index (κ2) is 9.73. The van der Waals surface area contributed by atoms with E-state index in [1.807, 2.05) is 4.90 Å². The molecular formula is C14H22BrN3O3. The molecule has 0 spiro atoms. The Labute approximate surface area is 133 Å². The minimum absolute atomic E-state index is 0.0901. The number of carbonyl (C=O) groups is 1. The van der Waals surface area contributed by atoms with Gasteiger partial charge < -0.3 is 20.5 Å². The minimum atomic E-state index is -0.0901. The molecule has 0 unspecified atom stereocenters. The number of hydrogen-bond acceptors (Lipinski definition) is 5. The zero-order valence-corrected chi connectivity index (χ0v) is 14.0. The highest BCUT2D eigenvalue weighted by Gasteiger charge is 2.12. The number of nitrogens with zero attached hydrogens (tertiary/aromatic N) is 1. The van der Waals surface area contributed by atoms with E-state index in [0.717, 1.165) is 4.47 Å². The number of rotatable bonds is 9. The molecule has 0 fully saturated rings. The largest absolute Gasteiger partial charge is 0.399 e. The molecule has 0 aliphatic heterocycles. The van der Waals surface area contributed by atoms with E-state index in [2.05, 4.69) is 21.2 Å². The number of anilines is 2. The summed E-state index contributed by atoms with van der Waals surface area (Å²) in [6.45, 7) is 2.78. The van der Waals surface area contributed by atoms with E-state index in [4.69, 9.17) is 15.2 Å². The first-order valence-corrected chi connectivity index (χ1v) is 7.41. The van der Waals surface area contributed by atoms with Gasteiger partial charge in [-0.3, -0.25) is 9.69 Å². The summed E-state index contributed by atoms with van der Waals surface area (Å²) in [5.41, 5.74) is 7.01. The van der Waals surface area contributed by atoms with Crippen LogP contribution in [-0.4, -0.2) is 57.9 Å². The van der Waals surface area contributed by atoms with E-state index in [0.29, 0.717) is 37.7 Å². The average Bonchev–Trinajstić information content (AvgIpc) is 2.45. The Morgan fingerprint density at radius 2 is 1.90 bits per heavy atom. The molecular weight excluding hydrogens is 338 g/mol. The van der Waals surface area contributed by atoms with Gasteiger partial charge in [0.1, 0.15) is 0 Å². The van der Waals surface area contributed by atoms with Crippen molar-refractivity contribution < 1.29 is 14.3 Å². The standard InChI is InChI=1S/C14H22BrN3O3/c1-20-7-5-18(6-8-21-2)10-14(19)17-13-4-3-11(16)9-12(13)15/h3-4,9H,5-8,10,16H2,1-2H3,(H,17,19). The molecule has 1 aromatic carbocycles. The van der Waals surface area contributed by atoms with Gasteiger partial charge in [-0.15, -0.1) is 0 Å². The Morgan fingerprint density at radius 3 is 2.43 bits per heavy atom. The second-order valence-electron chi connectivity index (χ2n) is 4.55. The van der Waals surface area contributed by atoms with Gasteiger partial charge in [0.2, 0.25) is 5.91 Å². The lowest BCUT2D eigenvalue weighted by Crippen LogP contribution is -2.37. The maximum Gasteiger partial charge on any atom is 0.238 e. The molecule has 3 N–H and O–H groups in total. The highest BCUT2D eigenvalue weighted by Crippen LogP contribution is 2.24. The summed E-state index contributed by atoms with van der Waals surface area (Å²) in [7, 11) is 3.28. The topological polar surface area (TPSA) is 76.8 Å². The lowest BCUT2D eigenvalue weighted by Gasteiger charge is -2.21. The Kier molecular flexibility index (Phi) is 8.29. The van der Waals surface area contributed by atoms with Crippen molar-refractivity contribution in [2.75, 3.05) is 58.1 Å². The Morgan fingerprint density at radius 1 is 1.29 bits per heavy atom. The van der Waals surface area contributed by atoms with Crippen LogP contribution in [0.2, 0.25) is 0 Å². The third-order valence-corrected chi connectivity index (χ3v) is 3.51. The first-order valence-electron chi connectivity index (χ1n) is 6.62. The van der Waals surface area contributed by atoms with Gasteiger partial charge in [-0.25, -0.2) is 0 Å². The molecule has 0 bridgehead atoms. The molecule has 0 aromatic heterocycles. The molecule has 1 aromatic rings. The predicted molar refractivity (Wildman–Crippen MR) is 87.4 cm³/mol. The van der Waals surface area contributed by atoms with E-state index in [1.165, 1.54) is 0 Å². The molecule has 21 heavy (non-hydrogen) atoms. The predicted octanol–water partition coefficient (Wildman–Crippen LogP) is 1.56. The van der Waals surface area contributed by atoms with Crippen molar-refractivity contribution in [3.63, 3.8) is 0 Å². The van der Waals surface area contributed by atoms with Gasteiger partial charge in [-0.1, -0.05) is 0 Å². The molecule has 7 heteroatoms. The van der Waals surface area contributed by atoms with Gasteiger partial charge in [0.15, 0.2) is 0 Å². The molecule has 0 saturated heterocycles. The SMILES string of the molecule is COCCN(CCOC)CC(=O)Nc1ccc(N)cc1Br. The third-order valence-electron chi connectivity index (χ3n) is 2.86. The van der Waals surface area contributed by atoms with E-state index < -0.39 is 0 Å². The van der Waals surface area contributed by atoms with Crippen molar-refractivity contribution in [1.29, 1.82) is 0 Å². The van der Waals surface area contributed by atoms with Gasteiger partial charge >= 0.3 is 0 Å². The first-order chi connectivity index (χ1) is 10.1. The van der Waals surface area contributed by atoms with Crippen molar-refractivity contribution >= 4 is 33.2 Å². The number of halogens is 1. The smallest absolute Gasteiger partial charge is 0.238 e. The summed E-state index contributed by atoms with van der Waals surface area (Å²) in [6, 6.07) is 5.27. The number of amides is 1. The lowest BCUT2D eigenvalue weighted by molar-refractivity contribution is -0.117. The quantitative estimate of drug-likeness (QED) is 0.654. The molecule has 0 atom stereocenters. The maximum atomic E-state index is 12.1. The molecule has 118 valence electrons. The van der Waals surface area contributed by atoms with Crippen LogP contribution in [0.5, 0.6) is 0 Å². The van der Waals surface area contributed by atoms with Crippen LogP contribution in [0.25, 0.3) is 0 Å². The molecule has 0 aliphatic rings. The van der Waals surface area contributed by atoms with E-state index in [9.17, 15) is 4.79 Å². The van der Waals surface area contributed by atoms with Gasteiger partial charge in [-0.2, -0.15) is 0 Å². The Balaban J connectivity index is 2.55. The van der Waals surface area contributed by atoms with Crippen molar-refractivity contribution in [3.8, 4) is 0 Å². The number of hydrogen-bond donors (Lipinski definition) is 2. The zero-order chi connectivity index (χ0) is 15.7. The number of carbonyl (C=O) groups excluding carboxylic acids is 1. The van der Waals surface area contributed by atoms with Gasteiger partial charge in [0.05, 0.1) is 25.4 Å². The second-order valence-corrected chi connectivity index (χ2v) is 5.40. The van der Waals surface area contributed by atoms with Crippen molar-refractivity contribution in [3.05, 3.63) is 22.7 Å². The number of nitrogens with one attached hydrogen (secondary N) is 1. The highest BCUT2D eigenvalue weighted by atomic mass is 79.9. The maximum absolute atomic E-state index is 12.1. The number of methoxy groups -OCH3 is 2. The molecule has 6 nitrogen and oxygen atoms in total. The lowest BCUT2D eigenvalue weighted by atomic mass is 10.3. The van der Waals surface area contributed by atoms with Crippen LogP contribution in [0.15, 0.2) is 22.7 Å². The summed E-state index contributed by atoms with van der Waals surface area (Å²) < 4.78 is 10.9. The Bertz CT molecular complexity index is 449. The van der Waals surface area contributed by atoms with Gasteiger partial charge in [0.25, 0.3) is 0 Å². The first kappa shape index (κ1) is 17.9. The monoisotopic (exact) mass is 359 g/mol. The van der Waals surface area contributed by atoms with Crippen LogP contribution in [0.1, 0.15) is 0 Å². The van der Waals surface area contributed by atoms with Crippen molar-refractivity contribution in [1.82, 2.24) is 4.90 Å². The minimum Gasteiger partial charge on any atom is -0.399 e. The van der Waals surface area contributed by atoms with Crippen LogP contribution < -0.4 is 11.1 Å². The molecule has 0 aliphatic carbocycles. The average molecular weight is 360 g/mol. The molecule has 1 rings (SSSR count). The number of nitrogens with two attached hydrogens (primary N) is 1. The normalized spacial score (nSPS) is 10.9. The summed E-state index contributed by atoms with van der Waals surface area (Å²) >= 11 is 3.38. The molecule has 0 saturated carbocycles. The zero-order valence-electron chi connectivity index (χ0n) is 12.4. The van der Waals surface area contributed by atoms with Crippen LogP contribution in [-0.2, 0) is 14.3 Å². The number of nitrogen functional groups attached to an aromatic ring is 1. The summed E-state index contributed by atoms with van der Waals surface area (Å²) in [5, 5.41) is 2.86. The molecule has 0 heterocycles. The van der Waals surface area contributed by atoms with Crippen LogP contribution in [0.4, 0.5) is 11.4 Å². The fraction of sp³-hybridized carbons (Fsp3) is 0.500. The number of benzene rings is 1. The van der Waals surface area contributed by atoms with Crippen molar-refractivity contribution in [2.24, 2.45) is 0 Å². The summed E-state index contributed by atoms with van der Waals surface area (Å²) in [4.78, 5) is 14.1. The molecule has 0 radical (unpaired) electrons. The van der Waals surface area contributed by atoms with Crippen molar-refractivity contribution in [2.45, 2.75) is 0 Å². The van der Waals surface area contributed by atoms with Gasteiger partial charge in [0, 0.05) is 37.5 Å². The van der Waals surface area contributed by atoms with E-state index in [1.54, 1.807) is 32.4 Å². The fourth-order valence-corrected chi connectivity index (χ4v) is 2.23. The summed E-state index contributed by atoms with van der Waals surface area (Å²) in [6.07, 6.45) is 0. The highest BCUT2D eigenvalue weighted by molar-refractivity contribution is 9.10. The fourth-order valence-electron chi connectivity index (χ4n) is 1.74.